The van der Waals surface area contributed by atoms with Crippen LogP contribution in [0.25, 0.3) is 0 Å². The molecule has 0 aromatic rings. The molecule has 0 unspecified atom stereocenters. The van der Waals surface area contributed by atoms with Crippen LogP contribution in [0.5, 0.6) is 0 Å². The number of allylic oxidation sites excluding steroid dienone is 1. The standard InChI is InChI=1S/C6H12.C4H10O3/c1-4-5-6(2)3;5-1-3-7-4-2-6/h2,4-5H2,1,3H3;5-6H,1-4H2. The zero-order valence-electron chi connectivity index (χ0n) is 8.75. The van der Waals surface area contributed by atoms with Crippen LogP contribution in [0.2, 0.25) is 0 Å². The smallest absolute Gasteiger partial charge is 0.0698 e. The van der Waals surface area contributed by atoms with Crippen LogP contribution >= 0.6 is 0 Å². The van der Waals surface area contributed by atoms with Crippen molar-refractivity contribution in [3.63, 3.8) is 0 Å². The van der Waals surface area contributed by atoms with E-state index in [1.807, 2.05) is 0 Å². The van der Waals surface area contributed by atoms with E-state index >= 15 is 0 Å². The van der Waals surface area contributed by atoms with Gasteiger partial charge in [0.25, 0.3) is 0 Å². The van der Waals surface area contributed by atoms with Crippen molar-refractivity contribution in [1.29, 1.82) is 0 Å². The van der Waals surface area contributed by atoms with Crippen molar-refractivity contribution in [3.05, 3.63) is 12.2 Å². The lowest BCUT2D eigenvalue weighted by atomic mass is 10.2. The predicted molar refractivity (Wildman–Crippen MR) is 54.7 cm³/mol. The van der Waals surface area contributed by atoms with E-state index in [4.69, 9.17) is 10.2 Å². The molecule has 3 nitrogen and oxygen atoms in total. The Hall–Kier alpha value is -0.380. The van der Waals surface area contributed by atoms with Crippen LogP contribution in [-0.4, -0.2) is 36.6 Å². The van der Waals surface area contributed by atoms with Gasteiger partial charge >= 0.3 is 0 Å². The molecular formula is C10H22O3. The fraction of sp³-hybridized carbons (Fsp3) is 0.800. The molecule has 0 spiro atoms. The second kappa shape index (κ2) is 14.2. The summed E-state index contributed by atoms with van der Waals surface area (Å²) in [6.45, 7) is 8.66. The largest absolute Gasteiger partial charge is 0.394 e. The zero-order chi connectivity index (χ0) is 10.5. The van der Waals surface area contributed by atoms with E-state index in [2.05, 4.69) is 25.2 Å². The average Bonchev–Trinajstić information content (AvgIpc) is 2.06. The summed E-state index contributed by atoms with van der Waals surface area (Å²) < 4.78 is 4.63. The van der Waals surface area contributed by atoms with Crippen molar-refractivity contribution in [2.24, 2.45) is 0 Å². The molecule has 0 heterocycles. The first kappa shape index (κ1) is 15.1. The first-order chi connectivity index (χ1) is 6.18. The molecule has 0 rings (SSSR count). The van der Waals surface area contributed by atoms with E-state index < -0.39 is 0 Å². The Balaban J connectivity index is 0. The average molecular weight is 190 g/mol. The number of rotatable bonds is 6. The molecule has 0 amide bonds. The van der Waals surface area contributed by atoms with Crippen LogP contribution in [0, 0.1) is 0 Å². The lowest BCUT2D eigenvalue weighted by Gasteiger charge is -1.94. The normalized spacial score (nSPS) is 8.92. The maximum absolute atomic E-state index is 8.09. The molecule has 0 aliphatic carbocycles. The molecule has 0 aromatic heterocycles. The van der Waals surface area contributed by atoms with Crippen LogP contribution in [0.1, 0.15) is 26.7 Å². The molecule has 2 N–H and O–H groups in total. The van der Waals surface area contributed by atoms with Gasteiger partial charge in [0.05, 0.1) is 26.4 Å². The van der Waals surface area contributed by atoms with Crippen LogP contribution in [0.3, 0.4) is 0 Å². The summed E-state index contributed by atoms with van der Waals surface area (Å²) in [5, 5.41) is 16.2. The number of hydrogen-bond donors (Lipinski definition) is 2. The minimum absolute atomic E-state index is 0.0278. The molecule has 3 heteroatoms. The van der Waals surface area contributed by atoms with E-state index in [-0.39, 0.29) is 13.2 Å². The molecule has 0 fully saturated rings. The summed E-state index contributed by atoms with van der Waals surface area (Å²) in [6.07, 6.45) is 2.41. The lowest BCUT2D eigenvalue weighted by molar-refractivity contribution is 0.0650. The van der Waals surface area contributed by atoms with E-state index in [0.717, 1.165) is 0 Å². The Labute approximate surface area is 81.0 Å². The van der Waals surface area contributed by atoms with Gasteiger partial charge in [-0.05, 0) is 13.3 Å². The Morgan fingerprint density at radius 2 is 1.69 bits per heavy atom. The molecule has 80 valence electrons. The summed E-state index contributed by atoms with van der Waals surface area (Å²) in [6, 6.07) is 0. The first-order valence-corrected chi connectivity index (χ1v) is 4.62. The SMILES string of the molecule is C=C(C)CCC.OCCOCCO. The van der Waals surface area contributed by atoms with Crippen molar-refractivity contribution in [3.8, 4) is 0 Å². The van der Waals surface area contributed by atoms with Gasteiger partial charge in [-0.3, -0.25) is 0 Å². The number of aliphatic hydroxyl groups excluding tert-OH is 2. The number of aliphatic hydroxyl groups is 2. The number of hydrogen-bond acceptors (Lipinski definition) is 3. The maximum atomic E-state index is 8.09. The zero-order valence-corrected chi connectivity index (χ0v) is 8.75. The summed E-state index contributed by atoms with van der Waals surface area (Å²) in [5.74, 6) is 0. The van der Waals surface area contributed by atoms with E-state index in [0.29, 0.717) is 13.2 Å². The summed E-state index contributed by atoms with van der Waals surface area (Å²) in [7, 11) is 0. The monoisotopic (exact) mass is 190 g/mol. The van der Waals surface area contributed by atoms with E-state index in [1.165, 1.54) is 18.4 Å². The van der Waals surface area contributed by atoms with Crippen molar-refractivity contribution in [2.75, 3.05) is 26.4 Å². The lowest BCUT2D eigenvalue weighted by Crippen LogP contribution is -2.03. The minimum atomic E-state index is 0.0278. The molecule has 0 radical (unpaired) electrons. The van der Waals surface area contributed by atoms with Gasteiger partial charge in [0, 0.05) is 0 Å². The van der Waals surface area contributed by atoms with E-state index in [1.54, 1.807) is 0 Å². The Kier molecular flexibility index (Phi) is 16.5. The quantitative estimate of drug-likeness (QED) is 0.491. The van der Waals surface area contributed by atoms with Crippen molar-refractivity contribution >= 4 is 0 Å². The Morgan fingerprint density at radius 3 is 1.85 bits per heavy atom. The highest BCUT2D eigenvalue weighted by atomic mass is 16.5. The molecule has 0 aliphatic heterocycles. The fourth-order valence-corrected chi connectivity index (χ4v) is 0.658. The third-order valence-electron chi connectivity index (χ3n) is 1.15. The third kappa shape index (κ3) is 24.5. The highest BCUT2D eigenvalue weighted by molar-refractivity contribution is 4.86. The van der Waals surface area contributed by atoms with Crippen LogP contribution in [0.15, 0.2) is 12.2 Å². The highest BCUT2D eigenvalue weighted by Gasteiger charge is 1.79. The van der Waals surface area contributed by atoms with Crippen molar-refractivity contribution in [1.82, 2.24) is 0 Å². The fourth-order valence-electron chi connectivity index (χ4n) is 0.658. The third-order valence-corrected chi connectivity index (χ3v) is 1.15. The van der Waals surface area contributed by atoms with Gasteiger partial charge in [-0.15, -0.1) is 6.58 Å². The van der Waals surface area contributed by atoms with Crippen LogP contribution < -0.4 is 0 Å². The second-order valence-electron chi connectivity index (χ2n) is 2.77. The second-order valence-corrected chi connectivity index (χ2v) is 2.77. The minimum Gasteiger partial charge on any atom is -0.394 e. The maximum Gasteiger partial charge on any atom is 0.0698 e. The topological polar surface area (TPSA) is 49.7 Å². The molecule has 0 aliphatic rings. The molecule has 13 heavy (non-hydrogen) atoms. The van der Waals surface area contributed by atoms with Gasteiger partial charge < -0.3 is 14.9 Å². The molecule has 0 saturated heterocycles. The van der Waals surface area contributed by atoms with Crippen LogP contribution in [0.4, 0.5) is 0 Å². The summed E-state index contributed by atoms with van der Waals surface area (Å²) >= 11 is 0. The summed E-state index contributed by atoms with van der Waals surface area (Å²) in [4.78, 5) is 0. The van der Waals surface area contributed by atoms with E-state index in [9.17, 15) is 0 Å². The highest BCUT2D eigenvalue weighted by Crippen LogP contribution is 1.96. The van der Waals surface area contributed by atoms with Gasteiger partial charge in [-0.25, -0.2) is 0 Å². The van der Waals surface area contributed by atoms with Gasteiger partial charge in [0.15, 0.2) is 0 Å². The van der Waals surface area contributed by atoms with Gasteiger partial charge in [0.2, 0.25) is 0 Å². The van der Waals surface area contributed by atoms with Crippen molar-refractivity contribution < 1.29 is 14.9 Å². The molecule has 0 saturated carbocycles. The Bertz CT molecular complexity index is 98.3. The molecule has 0 bridgehead atoms. The molecule has 0 atom stereocenters. The Morgan fingerprint density at radius 1 is 1.23 bits per heavy atom. The van der Waals surface area contributed by atoms with Gasteiger partial charge in [-0.1, -0.05) is 18.9 Å². The summed E-state index contributed by atoms with van der Waals surface area (Å²) in [5.41, 5.74) is 1.29. The first-order valence-electron chi connectivity index (χ1n) is 4.62. The predicted octanol–water partition coefficient (Wildman–Crippen LogP) is 1.35. The number of ether oxygens (including phenoxy) is 1. The van der Waals surface area contributed by atoms with Crippen molar-refractivity contribution in [2.45, 2.75) is 26.7 Å². The van der Waals surface area contributed by atoms with Crippen LogP contribution in [-0.2, 0) is 4.74 Å². The van der Waals surface area contributed by atoms with Gasteiger partial charge in [-0.2, -0.15) is 0 Å². The van der Waals surface area contributed by atoms with Gasteiger partial charge in [0.1, 0.15) is 0 Å². The molecular weight excluding hydrogens is 168 g/mol. The molecule has 0 aromatic carbocycles.